The van der Waals surface area contributed by atoms with Crippen LogP contribution in [0.1, 0.15) is 12.5 Å². The first kappa shape index (κ1) is 9.10. The third-order valence-corrected chi connectivity index (χ3v) is 1.84. The molecule has 0 heterocycles. The smallest absolute Gasteiger partial charge is 0.423 e. The van der Waals surface area contributed by atoms with E-state index in [0.29, 0.717) is 11.2 Å². The van der Waals surface area contributed by atoms with Gasteiger partial charge < -0.3 is 15.8 Å². The summed E-state index contributed by atoms with van der Waals surface area (Å²) in [5, 5.41) is 17.8. The number of aryl methyl sites for hydroxylation is 1. The summed E-state index contributed by atoms with van der Waals surface area (Å²) in [6.07, 6.45) is 0.861. The van der Waals surface area contributed by atoms with E-state index in [9.17, 15) is 0 Å². The van der Waals surface area contributed by atoms with Crippen molar-refractivity contribution in [1.82, 2.24) is 0 Å². The summed E-state index contributed by atoms with van der Waals surface area (Å²) in [6.45, 7) is 2.00. The third kappa shape index (κ3) is 1.78. The van der Waals surface area contributed by atoms with Crippen LogP contribution in [0.25, 0.3) is 0 Å². The van der Waals surface area contributed by atoms with E-state index in [0.717, 1.165) is 12.0 Å². The van der Waals surface area contributed by atoms with E-state index < -0.39 is 7.12 Å². The molecule has 4 N–H and O–H groups in total. The molecule has 0 spiro atoms. The van der Waals surface area contributed by atoms with Crippen molar-refractivity contribution < 1.29 is 10.0 Å². The van der Waals surface area contributed by atoms with Crippen molar-refractivity contribution in [2.75, 3.05) is 5.73 Å². The first-order valence-electron chi connectivity index (χ1n) is 3.89. The van der Waals surface area contributed by atoms with E-state index in [4.69, 9.17) is 15.8 Å². The molecule has 1 rings (SSSR count). The second kappa shape index (κ2) is 3.60. The van der Waals surface area contributed by atoms with Crippen LogP contribution in [0.2, 0.25) is 0 Å². The zero-order valence-corrected chi connectivity index (χ0v) is 6.99. The predicted molar refractivity (Wildman–Crippen MR) is 50.1 cm³/mol. The molecule has 0 unspecified atom stereocenters. The molecular weight excluding hydrogens is 153 g/mol. The highest BCUT2D eigenvalue weighted by molar-refractivity contribution is 6.60. The van der Waals surface area contributed by atoms with Crippen molar-refractivity contribution in [3.63, 3.8) is 0 Å². The Balaban J connectivity index is 3.08. The summed E-state index contributed by atoms with van der Waals surface area (Å²) >= 11 is 0. The van der Waals surface area contributed by atoms with Crippen molar-refractivity contribution >= 4 is 18.3 Å². The van der Waals surface area contributed by atoms with Gasteiger partial charge in [0, 0.05) is 11.2 Å². The highest BCUT2D eigenvalue weighted by Crippen LogP contribution is 2.04. The maximum absolute atomic E-state index is 8.90. The van der Waals surface area contributed by atoms with E-state index in [2.05, 4.69) is 0 Å². The number of rotatable bonds is 2. The van der Waals surface area contributed by atoms with Gasteiger partial charge in [-0.05, 0) is 18.1 Å². The van der Waals surface area contributed by atoms with E-state index >= 15 is 0 Å². The monoisotopic (exact) mass is 165 g/mol. The van der Waals surface area contributed by atoms with Gasteiger partial charge >= 0.3 is 7.12 Å². The Bertz CT molecular complexity index is 276. The van der Waals surface area contributed by atoms with Crippen molar-refractivity contribution in [3.8, 4) is 0 Å². The molecule has 0 fully saturated rings. The molecule has 0 radical (unpaired) electrons. The molecule has 64 valence electrons. The zero-order chi connectivity index (χ0) is 9.14. The average Bonchev–Trinajstić information content (AvgIpc) is 2.05. The lowest BCUT2D eigenvalue weighted by Crippen LogP contribution is -2.32. The summed E-state index contributed by atoms with van der Waals surface area (Å²) in [5.74, 6) is 0. The molecule has 0 aliphatic rings. The van der Waals surface area contributed by atoms with Crippen LogP contribution < -0.4 is 11.2 Å². The average molecular weight is 165 g/mol. The van der Waals surface area contributed by atoms with Crippen molar-refractivity contribution in [1.29, 1.82) is 0 Å². The minimum absolute atomic E-state index is 0.384. The fraction of sp³-hybridized carbons (Fsp3) is 0.250. The van der Waals surface area contributed by atoms with Gasteiger partial charge in [-0.15, -0.1) is 0 Å². The maximum atomic E-state index is 8.90. The largest absolute Gasteiger partial charge is 0.490 e. The standard InChI is InChI=1S/C8H12BNO2/c1-2-6-3-4-8(10)7(5-6)9(11)12/h3-5,11-12H,2,10H2,1H3. The molecule has 0 aliphatic heterocycles. The van der Waals surface area contributed by atoms with Crippen molar-refractivity contribution in [2.24, 2.45) is 0 Å². The van der Waals surface area contributed by atoms with Crippen LogP contribution in [0, 0.1) is 0 Å². The van der Waals surface area contributed by atoms with Crippen LogP contribution in [0.4, 0.5) is 5.69 Å². The Labute approximate surface area is 72.0 Å². The number of anilines is 1. The van der Waals surface area contributed by atoms with Crippen LogP contribution in [0.15, 0.2) is 18.2 Å². The molecule has 0 amide bonds. The van der Waals surface area contributed by atoms with Crippen LogP contribution >= 0.6 is 0 Å². The van der Waals surface area contributed by atoms with Gasteiger partial charge in [0.05, 0.1) is 0 Å². The Kier molecular flexibility index (Phi) is 2.73. The van der Waals surface area contributed by atoms with Gasteiger partial charge in [0.2, 0.25) is 0 Å². The van der Waals surface area contributed by atoms with Crippen molar-refractivity contribution in [2.45, 2.75) is 13.3 Å². The molecule has 0 bridgehead atoms. The number of benzene rings is 1. The summed E-state index contributed by atoms with van der Waals surface area (Å²) in [4.78, 5) is 0. The number of nitrogens with two attached hydrogens (primary N) is 1. The fourth-order valence-corrected chi connectivity index (χ4v) is 1.07. The Morgan fingerprint density at radius 2 is 2.08 bits per heavy atom. The molecular formula is C8H12BNO2. The van der Waals surface area contributed by atoms with Gasteiger partial charge in [-0.25, -0.2) is 0 Å². The molecule has 1 aromatic rings. The third-order valence-electron chi connectivity index (χ3n) is 1.84. The molecule has 3 nitrogen and oxygen atoms in total. The van der Waals surface area contributed by atoms with Gasteiger partial charge in [0.25, 0.3) is 0 Å². The molecule has 0 atom stereocenters. The highest BCUT2D eigenvalue weighted by Gasteiger charge is 2.14. The predicted octanol–water partition coefficient (Wildman–Crippen LogP) is -0.489. The number of hydrogen-bond donors (Lipinski definition) is 3. The summed E-state index contributed by atoms with van der Waals surface area (Å²) in [6, 6.07) is 5.27. The van der Waals surface area contributed by atoms with E-state index in [1.165, 1.54) is 0 Å². The normalized spacial score (nSPS) is 9.92. The lowest BCUT2D eigenvalue weighted by Gasteiger charge is -2.05. The molecule has 1 aromatic carbocycles. The van der Waals surface area contributed by atoms with E-state index in [-0.39, 0.29) is 0 Å². The maximum Gasteiger partial charge on any atom is 0.490 e. The SMILES string of the molecule is CCc1ccc(N)c(B(O)O)c1. The van der Waals surface area contributed by atoms with Crippen LogP contribution in [-0.4, -0.2) is 17.2 Å². The topological polar surface area (TPSA) is 66.5 Å². The summed E-state index contributed by atoms with van der Waals surface area (Å²) < 4.78 is 0. The Hall–Kier alpha value is -0.995. The molecule has 12 heavy (non-hydrogen) atoms. The second-order valence-electron chi connectivity index (χ2n) is 2.69. The van der Waals surface area contributed by atoms with Gasteiger partial charge in [-0.1, -0.05) is 19.1 Å². The molecule has 0 saturated heterocycles. The molecule has 0 aliphatic carbocycles. The quantitative estimate of drug-likeness (QED) is 0.409. The summed E-state index contributed by atoms with van der Waals surface area (Å²) in [5.41, 5.74) is 7.38. The zero-order valence-electron chi connectivity index (χ0n) is 6.99. The first-order valence-corrected chi connectivity index (χ1v) is 3.89. The molecule has 0 saturated carbocycles. The van der Waals surface area contributed by atoms with Gasteiger partial charge in [-0.3, -0.25) is 0 Å². The molecule has 0 aromatic heterocycles. The Morgan fingerprint density at radius 1 is 1.42 bits per heavy atom. The van der Waals surface area contributed by atoms with Crippen LogP contribution in [-0.2, 0) is 6.42 Å². The van der Waals surface area contributed by atoms with Gasteiger partial charge in [0.15, 0.2) is 0 Å². The minimum Gasteiger partial charge on any atom is -0.423 e. The fourth-order valence-electron chi connectivity index (χ4n) is 1.07. The summed E-state index contributed by atoms with van der Waals surface area (Å²) in [7, 11) is -1.48. The highest BCUT2D eigenvalue weighted by atomic mass is 16.4. The van der Waals surface area contributed by atoms with Crippen molar-refractivity contribution in [3.05, 3.63) is 23.8 Å². The van der Waals surface area contributed by atoms with E-state index in [1.54, 1.807) is 12.1 Å². The van der Waals surface area contributed by atoms with Crippen LogP contribution in [0.5, 0.6) is 0 Å². The second-order valence-corrected chi connectivity index (χ2v) is 2.69. The molecule has 4 heteroatoms. The first-order chi connectivity index (χ1) is 5.65. The minimum atomic E-state index is -1.48. The van der Waals surface area contributed by atoms with E-state index in [1.807, 2.05) is 13.0 Å². The van der Waals surface area contributed by atoms with Gasteiger partial charge in [-0.2, -0.15) is 0 Å². The lowest BCUT2D eigenvalue weighted by molar-refractivity contribution is 0.426. The van der Waals surface area contributed by atoms with Crippen LogP contribution in [0.3, 0.4) is 0 Å². The van der Waals surface area contributed by atoms with Gasteiger partial charge in [0.1, 0.15) is 0 Å². The number of hydrogen-bond acceptors (Lipinski definition) is 3. The number of nitrogen functional groups attached to an aromatic ring is 1. The lowest BCUT2D eigenvalue weighted by atomic mass is 9.78. The Morgan fingerprint density at radius 3 is 2.58 bits per heavy atom.